The van der Waals surface area contributed by atoms with E-state index in [1.54, 1.807) is 0 Å². The van der Waals surface area contributed by atoms with E-state index in [0.29, 0.717) is 12.5 Å². The largest absolute Gasteiger partial charge is 0.339 e. The van der Waals surface area contributed by atoms with E-state index >= 15 is 0 Å². The van der Waals surface area contributed by atoms with E-state index < -0.39 is 0 Å². The molecule has 0 aromatic carbocycles. The molecule has 0 aliphatic carbocycles. The van der Waals surface area contributed by atoms with E-state index in [-0.39, 0.29) is 5.91 Å². The predicted molar refractivity (Wildman–Crippen MR) is 55.7 cm³/mol. The fourth-order valence-corrected chi connectivity index (χ4v) is 1.56. The molecule has 0 N–H and O–H groups in total. The van der Waals surface area contributed by atoms with Crippen molar-refractivity contribution in [1.82, 2.24) is 9.80 Å². The first-order chi connectivity index (χ1) is 6.02. The Hall–Kier alpha value is -0.570. The predicted octanol–water partition coefficient (Wildman–Crippen LogP) is 1.19. The molecule has 1 atom stereocenters. The first-order valence-corrected chi connectivity index (χ1v) is 4.97. The lowest BCUT2D eigenvalue weighted by Gasteiger charge is -2.29. The average Bonchev–Trinajstić information content (AvgIpc) is 2.03. The molecule has 0 saturated heterocycles. The Bertz CT molecular complexity index is 157. The van der Waals surface area contributed by atoms with Crippen LogP contribution in [0.2, 0.25) is 0 Å². The molecule has 1 amide bonds. The lowest BCUT2D eigenvalue weighted by molar-refractivity contribution is -0.132. The second-order valence-corrected chi connectivity index (χ2v) is 3.64. The highest BCUT2D eigenvalue weighted by atomic mass is 16.2. The van der Waals surface area contributed by atoms with Crippen molar-refractivity contribution >= 4 is 5.91 Å². The van der Waals surface area contributed by atoms with E-state index in [1.807, 2.05) is 32.8 Å². The highest BCUT2D eigenvalue weighted by molar-refractivity contribution is 5.76. The van der Waals surface area contributed by atoms with Crippen molar-refractivity contribution in [1.29, 1.82) is 0 Å². The molecule has 1 unspecified atom stereocenters. The zero-order valence-corrected chi connectivity index (χ0v) is 9.50. The molecule has 0 aromatic rings. The number of amides is 1. The normalized spacial score (nSPS) is 13.1. The van der Waals surface area contributed by atoms with Gasteiger partial charge in [0.25, 0.3) is 0 Å². The monoisotopic (exact) mass is 186 g/mol. The molecule has 0 bridgehead atoms. The average molecular weight is 186 g/mol. The van der Waals surface area contributed by atoms with E-state index in [0.717, 1.165) is 13.1 Å². The summed E-state index contributed by atoms with van der Waals surface area (Å²) in [5, 5.41) is 0. The van der Waals surface area contributed by atoms with Crippen molar-refractivity contribution in [3.8, 4) is 0 Å². The lowest BCUT2D eigenvalue weighted by atomic mass is 10.2. The number of carbonyl (C=O) groups excluding carboxylic acids is 1. The van der Waals surface area contributed by atoms with Crippen LogP contribution >= 0.6 is 0 Å². The summed E-state index contributed by atoms with van der Waals surface area (Å²) < 4.78 is 0. The number of rotatable bonds is 5. The van der Waals surface area contributed by atoms with Gasteiger partial charge in [0.05, 0.1) is 0 Å². The maximum absolute atomic E-state index is 11.5. The third kappa shape index (κ3) is 4.27. The van der Waals surface area contributed by atoms with Crippen LogP contribution in [0, 0.1) is 0 Å². The van der Waals surface area contributed by atoms with Crippen molar-refractivity contribution in [2.45, 2.75) is 33.2 Å². The minimum atomic E-state index is 0.247. The molecule has 78 valence electrons. The molecule has 0 radical (unpaired) electrons. The second-order valence-electron chi connectivity index (χ2n) is 3.64. The van der Waals surface area contributed by atoms with Gasteiger partial charge in [0.15, 0.2) is 0 Å². The van der Waals surface area contributed by atoms with E-state index in [1.165, 1.54) is 0 Å². The van der Waals surface area contributed by atoms with Crippen molar-refractivity contribution in [3.05, 3.63) is 0 Å². The highest BCUT2D eigenvalue weighted by Gasteiger charge is 2.16. The smallest absolute Gasteiger partial charge is 0.222 e. The van der Waals surface area contributed by atoms with Crippen molar-refractivity contribution in [2.24, 2.45) is 0 Å². The van der Waals surface area contributed by atoms with Crippen LogP contribution in [0.4, 0.5) is 0 Å². The van der Waals surface area contributed by atoms with Crippen molar-refractivity contribution in [3.63, 3.8) is 0 Å². The number of hydrogen-bond acceptors (Lipinski definition) is 2. The van der Waals surface area contributed by atoms with Gasteiger partial charge in [-0.3, -0.25) is 4.79 Å². The third-order valence-corrected chi connectivity index (χ3v) is 2.12. The molecule has 0 aromatic heterocycles. The van der Waals surface area contributed by atoms with Crippen LogP contribution in [0.15, 0.2) is 0 Å². The van der Waals surface area contributed by atoms with Crippen LogP contribution < -0.4 is 0 Å². The van der Waals surface area contributed by atoms with Gasteiger partial charge < -0.3 is 9.80 Å². The molecule has 3 heteroatoms. The van der Waals surface area contributed by atoms with E-state index in [9.17, 15) is 4.79 Å². The van der Waals surface area contributed by atoms with Crippen LogP contribution in [-0.4, -0.2) is 48.9 Å². The van der Waals surface area contributed by atoms with Gasteiger partial charge in [0.1, 0.15) is 0 Å². The first-order valence-electron chi connectivity index (χ1n) is 4.97. The molecular weight excluding hydrogens is 164 g/mol. The Morgan fingerprint density at radius 3 is 2.15 bits per heavy atom. The van der Waals surface area contributed by atoms with Crippen LogP contribution in [0.1, 0.15) is 27.2 Å². The molecule has 0 heterocycles. The zero-order chi connectivity index (χ0) is 10.4. The first kappa shape index (κ1) is 12.4. The van der Waals surface area contributed by atoms with Gasteiger partial charge >= 0.3 is 0 Å². The molecular formula is C10H22N2O. The molecule has 0 spiro atoms. The molecule has 13 heavy (non-hydrogen) atoms. The third-order valence-electron chi connectivity index (χ3n) is 2.12. The number of likely N-dealkylation sites (N-methyl/N-ethyl adjacent to an activating group) is 2. The molecule has 0 aliphatic rings. The molecule has 0 saturated carbocycles. The topological polar surface area (TPSA) is 23.6 Å². The van der Waals surface area contributed by atoms with Crippen LogP contribution in [0.25, 0.3) is 0 Å². The number of nitrogens with zero attached hydrogens (tertiary/aromatic N) is 2. The van der Waals surface area contributed by atoms with Crippen molar-refractivity contribution < 1.29 is 4.79 Å². The maximum atomic E-state index is 11.5. The van der Waals surface area contributed by atoms with Gasteiger partial charge in [-0.2, -0.15) is 0 Å². The maximum Gasteiger partial charge on any atom is 0.222 e. The van der Waals surface area contributed by atoms with Gasteiger partial charge in [0, 0.05) is 25.6 Å². The molecule has 0 rings (SSSR count). The minimum Gasteiger partial charge on any atom is -0.339 e. The van der Waals surface area contributed by atoms with Gasteiger partial charge in [-0.15, -0.1) is 0 Å². The molecule has 0 aliphatic heterocycles. The summed E-state index contributed by atoms with van der Waals surface area (Å²) in [6, 6.07) is 0.312. The van der Waals surface area contributed by atoms with Gasteiger partial charge in [-0.05, 0) is 27.9 Å². The Balaban J connectivity index is 4.14. The lowest BCUT2D eigenvalue weighted by Crippen LogP contribution is -2.43. The number of hydrogen-bond donors (Lipinski definition) is 0. The fraction of sp³-hybridized carbons (Fsp3) is 0.900. The van der Waals surface area contributed by atoms with Crippen LogP contribution in [0.3, 0.4) is 0 Å². The van der Waals surface area contributed by atoms with Gasteiger partial charge in [-0.25, -0.2) is 0 Å². The Labute approximate surface area is 81.7 Å². The fourth-order valence-electron chi connectivity index (χ4n) is 1.56. The summed E-state index contributed by atoms with van der Waals surface area (Å²) in [7, 11) is 4.06. The van der Waals surface area contributed by atoms with E-state index in [2.05, 4.69) is 11.8 Å². The summed E-state index contributed by atoms with van der Waals surface area (Å²) in [5.74, 6) is 0.247. The van der Waals surface area contributed by atoms with Crippen LogP contribution in [-0.2, 0) is 4.79 Å². The molecule has 3 nitrogen and oxygen atoms in total. The minimum absolute atomic E-state index is 0.247. The quantitative estimate of drug-likeness (QED) is 0.644. The Morgan fingerprint density at radius 2 is 1.85 bits per heavy atom. The van der Waals surface area contributed by atoms with Crippen molar-refractivity contribution in [2.75, 3.05) is 27.2 Å². The summed E-state index contributed by atoms with van der Waals surface area (Å²) in [6.45, 7) is 7.77. The van der Waals surface area contributed by atoms with Gasteiger partial charge in [0.2, 0.25) is 5.91 Å². The summed E-state index contributed by atoms with van der Waals surface area (Å²) in [4.78, 5) is 15.5. The zero-order valence-electron chi connectivity index (χ0n) is 9.50. The summed E-state index contributed by atoms with van der Waals surface area (Å²) in [5.41, 5.74) is 0. The standard InChI is InChI=1S/C10H22N2O/c1-6-10(13)12(7-2)9(3)8-11(4)5/h9H,6-8H2,1-5H3. The highest BCUT2D eigenvalue weighted by Crippen LogP contribution is 2.02. The SMILES string of the molecule is CCC(=O)N(CC)C(C)CN(C)C. The Morgan fingerprint density at radius 1 is 1.31 bits per heavy atom. The van der Waals surface area contributed by atoms with E-state index in [4.69, 9.17) is 0 Å². The Kier molecular flexibility index (Phi) is 5.71. The summed E-state index contributed by atoms with van der Waals surface area (Å²) in [6.07, 6.45) is 0.603. The summed E-state index contributed by atoms with van der Waals surface area (Å²) >= 11 is 0. The second kappa shape index (κ2) is 5.97. The van der Waals surface area contributed by atoms with Crippen LogP contribution in [0.5, 0.6) is 0 Å². The number of carbonyl (C=O) groups is 1. The molecule has 0 fully saturated rings. The van der Waals surface area contributed by atoms with Gasteiger partial charge in [-0.1, -0.05) is 6.92 Å².